The molecule has 176 valence electrons. The second-order valence-corrected chi connectivity index (χ2v) is 7.49. The summed E-state index contributed by atoms with van der Waals surface area (Å²) in [5, 5.41) is 9.75. The van der Waals surface area contributed by atoms with E-state index in [4.69, 9.17) is 21.1 Å². The fraction of sp³-hybridized carbons (Fsp3) is 0.391. The molecule has 0 heterocycles. The molecule has 7 nitrogen and oxygen atoms in total. The maximum absolute atomic E-state index is 12.2. The number of benzene rings is 2. The van der Waals surface area contributed by atoms with Crippen molar-refractivity contribution in [2.45, 2.75) is 26.8 Å². The molecule has 0 radical (unpaired) electrons. The largest absolute Gasteiger partial charge is 0.491 e. The highest BCUT2D eigenvalue weighted by Crippen LogP contribution is 2.23. The van der Waals surface area contributed by atoms with Crippen LogP contribution in [0, 0.1) is 13.8 Å². The Morgan fingerprint density at radius 2 is 1.78 bits per heavy atom. The third-order valence-corrected chi connectivity index (χ3v) is 4.79. The van der Waals surface area contributed by atoms with E-state index < -0.39 is 0 Å². The lowest BCUT2D eigenvalue weighted by Crippen LogP contribution is -2.38. The molecule has 0 saturated carbocycles. The summed E-state index contributed by atoms with van der Waals surface area (Å²) in [4.78, 5) is 16.4. The predicted octanol–water partition coefficient (Wildman–Crippen LogP) is 4.29. The van der Waals surface area contributed by atoms with Gasteiger partial charge in [-0.25, -0.2) is 0 Å². The average molecular weight is 575 g/mol. The summed E-state index contributed by atoms with van der Waals surface area (Å²) in [6.45, 7) is 5.95. The summed E-state index contributed by atoms with van der Waals surface area (Å²) in [6.07, 6.45) is 0.279. The predicted molar refractivity (Wildman–Crippen MR) is 142 cm³/mol. The minimum atomic E-state index is -0.124. The van der Waals surface area contributed by atoms with Crippen LogP contribution in [0.3, 0.4) is 0 Å². The molecule has 0 saturated heterocycles. The number of nitrogens with one attached hydrogen (secondary N) is 3. The molecular weight excluding hydrogens is 543 g/mol. The van der Waals surface area contributed by atoms with Crippen LogP contribution in [0.1, 0.15) is 23.1 Å². The second kappa shape index (κ2) is 14.9. The molecule has 2 aromatic rings. The van der Waals surface area contributed by atoms with Crippen molar-refractivity contribution in [2.24, 2.45) is 4.99 Å². The van der Waals surface area contributed by atoms with Crippen LogP contribution in [0.25, 0.3) is 0 Å². The molecule has 32 heavy (non-hydrogen) atoms. The van der Waals surface area contributed by atoms with Crippen LogP contribution < -0.4 is 20.7 Å². The molecular formula is C23H32ClIN4O3. The molecule has 0 unspecified atom stereocenters. The Balaban J connectivity index is 0.00000512. The molecule has 3 N–H and O–H groups in total. The Bertz CT molecular complexity index is 909. The maximum atomic E-state index is 12.2. The Morgan fingerprint density at radius 3 is 2.47 bits per heavy atom. The van der Waals surface area contributed by atoms with Gasteiger partial charge in [0.05, 0.1) is 17.3 Å². The minimum absolute atomic E-state index is 0. The van der Waals surface area contributed by atoms with Crippen molar-refractivity contribution in [2.75, 3.05) is 39.2 Å². The van der Waals surface area contributed by atoms with Gasteiger partial charge in [0.2, 0.25) is 5.91 Å². The van der Waals surface area contributed by atoms with E-state index in [1.165, 1.54) is 0 Å². The molecule has 2 rings (SSSR count). The van der Waals surface area contributed by atoms with Crippen LogP contribution in [0.2, 0.25) is 5.02 Å². The fourth-order valence-electron chi connectivity index (χ4n) is 2.81. The van der Waals surface area contributed by atoms with Gasteiger partial charge < -0.3 is 25.4 Å². The topological polar surface area (TPSA) is 84.0 Å². The lowest BCUT2D eigenvalue weighted by atomic mass is 10.1. The molecule has 0 spiro atoms. The first-order valence-electron chi connectivity index (χ1n) is 10.1. The van der Waals surface area contributed by atoms with Gasteiger partial charge in [-0.15, -0.1) is 24.0 Å². The van der Waals surface area contributed by atoms with E-state index in [2.05, 4.69) is 20.9 Å². The van der Waals surface area contributed by atoms with Crippen LogP contribution in [0.5, 0.6) is 5.75 Å². The van der Waals surface area contributed by atoms with Gasteiger partial charge in [-0.1, -0.05) is 29.8 Å². The maximum Gasteiger partial charge on any atom is 0.226 e. The van der Waals surface area contributed by atoms with Gasteiger partial charge >= 0.3 is 0 Å². The normalized spacial score (nSPS) is 10.8. The van der Waals surface area contributed by atoms with Crippen molar-refractivity contribution < 1.29 is 14.3 Å². The highest BCUT2D eigenvalue weighted by molar-refractivity contribution is 14.0. The van der Waals surface area contributed by atoms with E-state index in [0.29, 0.717) is 43.0 Å². The van der Waals surface area contributed by atoms with Crippen molar-refractivity contribution in [3.05, 3.63) is 58.1 Å². The average Bonchev–Trinajstić information content (AvgIpc) is 2.74. The number of halogens is 2. The van der Waals surface area contributed by atoms with E-state index in [-0.39, 0.29) is 36.3 Å². The van der Waals surface area contributed by atoms with Crippen molar-refractivity contribution in [1.29, 1.82) is 0 Å². The number of guanidine groups is 1. The van der Waals surface area contributed by atoms with Crippen molar-refractivity contribution in [3.8, 4) is 5.75 Å². The van der Waals surface area contributed by atoms with Gasteiger partial charge in [0, 0.05) is 39.2 Å². The van der Waals surface area contributed by atoms with Crippen LogP contribution in [0.15, 0.2) is 41.4 Å². The van der Waals surface area contributed by atoms with Crippen LogP contribution in [-0.4, -0.2) is 45.8 Å². The SMILES string of the molecule is CN=C(NCCC(=O)Nc1ccc(C)cc1Cl)NCc1ccc(C)cc1OCCOC.I. The molecule has 0 fully saturated rings. The zero-order valence-corrected chi connectivity index (χ0v) is 22.0. The highest BCUT2D eigenvalue weighted by Gasteiger charge is 2.08. The van der Waals surface area contributed by atoms with E-state index in [1.807, 2.05) is 44.2 Å². The number of hydrogen-bond donors (Lipinski definition) is 3. The number of carbonyl (C=O) groups excluding carboxylic acids is 1. The lowest BCUT2D eigenvalue weighted by Gasteiger charge is -2.15. The number of carbonyl (C=O) groups is 1. The number of nitrogens with zero attached hydrogens (tertiary/aromatic N) is 1. The molecule has 0 aliphatic rings. The molecule has 9 heteroatoms. The Morgan fingerprint density at radius 1 is 1.06 bits per heavy atom. The summed E-state index contributed by atoms with van der Waals surface area (Å²) < 4.78 is 10.9. The second-order valence-electron chi connectivity index (χ2n) is 7.09. The van der Waals surface area contributed by atoms with E-state index in [0.717, 1.165) is 22.4 Å². The number of rotatable bonds is 10. The van der Waals surface area contributed by atoms with Crippen molar-refractivity contribution in [3.63, 3.8) is 0 Å². The number of methoxy groups -OCH3 is 1. The summed E-state index contributed by atoms with van der Waals surface area (Å²) in [6, 6.07) is 11.6. The van der Waals surface area contributed by atoms with E-state index in [9.17, 15) is 4.79 Å². The monoisotopic (exact) mass is 574 g/mol. The number of anilines is 1. The Hall–Kier alpha value is -2.04. The van der Waals surface area contributed by atoms with Crippen molar-refractivity contribution in [1.82, 2.24) is 10.6 Å². The fourth-order valence-corrected chi connectivity index (χ4v) is 3.09. The van der Waals surface area contributed by atoms with Gasteiger partial charge in [0.25, 0.3) is 0 Å². The molecule has 0 bridgehead atoms. The first kappa shape index (κ1) is 28.0. The summed E-state index contributed by atoms with van der Waals surface area (Å²) in [7, 11) is 3.33. The third-order valence-electron chi connectivity index (χ3n) is 4.48. The van der Waals surface area contributed by atoms with E-state index >= 15 is 0 Å². The summed E-state index contributed by atoms with van der Waals surface area (Å²) >= 11 is 6.17. The zero-order chi connectivity index (χ0) is 22.6. The van der Waals surface area contributed by atoms with Crippen LogP contribution >= 0.6 is 35.6 Å². The number of amides is 1. The molecule has 0 atom stereocenters. The van der Waals surface area contributed by atoms with Crippen LogP contribution in [-0.2, 0) is 16.1 Å². The number of aliphatic imine (C=N–C) groups is 1. The highest BCUT2D eigenvalue weighted by atomic mass is 127. The Kier molecular flexibility index (Phi) is 13.0. The first-order valence-corrected chi connectivity index (χ1v) is 10.5. The smallest absolute Gasteiger partial charge is 0.226 e. The van der Waals surface area contributed by atoms with Gasteiger partial charge in [-0.05, 0) is 43.2 Å². The standard InChI is InChI=1S/C23H31ClN4O3.HI/c1-16-6-8-20(19(24)13-16)28-22(29)9-10-26-23(25-3)27-15-18-7-5-17(2)14-21(18)31-12-11-30-4;/h5-8,13-14H,9-12,15H2,1-4H3,(H,28,29)(H2,25,26,27);1H. The summed E-state index contributed by atoms with van der Waals surface area (Å²) in [5.41, 5.74) is 3.79. The number of aryl methyl sites for hydroxylation is 2. The molecule has 0 aliphatic carbocycles. The molecule has 0 aliphatic heterocycles. The lowest BCUT2D eigenvalue weighted by molar-refractivity contribution is -0.116. The number of hydrogen-bond acceptors (Lipinski definition) is 4. The van der Waals surface area contributed by atoms with Crippen molar-refractivity contribution >= 4 is 53.1 Å². The van der Waals surface area contributed by atoms with Gasteiger partial charge in [-0.2, -0.15) is 0 Å². The summed E-state index contributed by atoms with van der Waals surface area (Å²) in [5.74, 6) is 1.29. The van der Waals surface area contributed by atoms with Crippen LogP contribution in [0.4, 0.5) is 5.69 Å². The molecule has 0 aromatic heterocycles. The Labute approximate surface area is 212 Å². The number of ether oxygens (including phenoxy) is 2. The van der Waals surface area contributed by atoms with Gasteiger partial charge in [0.1, 0.15) is 12.4 Å². The van der Waals surface area contributed by atoms with Gasteiger partial charge in [0.15, 0.2) is 5.96 Å². The zero-order valence-electron chi connectivity index (χ0n) is 19.0. The molecule has 1 amide bonds. The van der Waals surface area contributed by atoms with E-state index in [1.54, 1.807) is 20.2 Å². The third kappa shape index (κ3) is 9.62. The molecule has 2 aromatic carbocycles. The van der Waals surface area contributed by atoms with Gasteiger partial charge in [-0.3, -0.25) is 9.79 Å². The minimum Gasteiger partial charge on any atom is -0.491 e. The first-order chi connectivity index (χ1) is 14.9. The quantitative estimate of drug-likeness (QED) is 0.171.